The Bertz CT molecular complexity index is 930. The summed E-state index contributed by atoms with van der Waals surface area (Å²) in [6.45, 7) is 5.09. The lowest BCUT2D eigenvalue weighted by Crippen LogP contribution is -2.35. The average Bonchev–Trinajstić information content (AvgIpc) is 3.36. The molecule has 1 aromatic carbocycles. The van der Waals surface area contributed by atoms with Crippen LogP contribution in [-0.4, -0.2) is 42.6 Å². The Labute approximate surface area is 157 Å². The summed E-state index contributed by atoms with van der Waals surface area (Å²) in [4.78, 5) is 18.1. The molecule has 27 heavy (non-hydrogen) atoms. The predicted molar refractivity (Wildman–Crippen MR) is 99.8 cm³/mol. The lowest BCUT2D eigenvalue weighted by atomic mass is 9.93. The van der Waals surface area contributed by atoms with Crippen LogP contribution in [0, 0.1) is 19.8 Å². The van der Waals surface area contributed by atoms with Crippen molar-refractivity contribution in [2.75, 3.05) is 19.8 Å². The largest absolute Gasteiger partial charge is 0.376 e. The van der Waals surface area contributed by atoms with Crippen LogP contribution >= 0.6 is 0 Å². The van der Waals surface area contributed by atoms with Gasteiger partial charge in [-0.2, -0.15) is 0 Å². The van der Waals surface area contributed by atoms with E-state index in [1.165, 1.54) is 18.6 Å². The number of carbonyl (C=O) groups is 1. The maximum absolute atomic E-state index is 13.2. The first-order valence-corrected chi connectivity index (χ1v) is 9.53. The summed E-state index contributed by atoms with van der Waals surface area (Å²) in [5.74, 6) is 1.28. The van der Waals surface area contributed by atoms with Gasteiger partial charge in [0.2, 0.25) is 0 Å². The van der Waals surface area contributed by atoms with Gasteiger partial charge in [0.1, 0.15) is 11.9 Å². The Hall–Kier alpha value is -2.31. The normalized spacial score (nSPS) is 21.9. The summed E-state index contributed by atoms with van der Waals surface area (Å²) in [5.41, 5.74) is 6.47. The molecule has 0 radical (unpaired) electrons. The summed E-state index contributed by atoms with van der Waals surface area (Å²) in [7, 11) is 0. The van der Waals surface area contributed by atoms with Crippen molar-refractivity contribution in [1.29, 1.82) is 0 Å². The lowest BCUT2D eigenvalue weighted by molar-refractivity contribution is -0.0718. The topological polar surface area (TPSA) is 73.9 Å². The number of aromatic nitrogens is 1. The van der Waals surface area contributed by atoms with E-state index in [1.807, 2.05) is 19.9 Å². The maximum atomic E-state index is 13.2. The zero-order valence-corrected chi connectivity index (χ0v) is 15.6. The Morgan fingerprint density at radius 1 is 1.19 bits per heavy atom. The lowest BCUT2D eigenvalue weighted by Gasteiger charge is -2.22. The molecule has 0 amide bonds. The number of benzene rings is 1. The van der Waals surface area contributed by atoms with Crippen LogP contribution in [0.1, 0.15) is 40.2 Å². The number of hydrogen-bond donors (Lipinski definition) is 0. The van der Waals surface area contributed by atoms with E-state index in [2.05, 4.69) is 11.2 Å². The van der Waals surface area contributed by atoms with Gasteiger partial charge in [-0.05, 0) is 55.9 Å². The van der Waals surface area contributed by atoms with Crippen molar-refractivity contribution >= 4 is 17.2 Å². The van der Waals surface area contributed by atoms with Crippen LogP contribution in [-0.2, 0) is 15.9 Å². The molecule has 2 aliphatic heterocycles. The molecular formula is C21H22N2O4. The molecule has 1 aliphatic carbocycles. The van der Waals surface area contributed by atoms with Crippen LogP contribution in [0.2, 0.25) is 0 Å². The molecule has 1 aromatic heterocycles. The smallest absolute Gasteiger partial charge is 0.196 e. The maximum Gasteiger partial charge on any atom is 0.196 e. The summed E-state index contributed by atoms with van der Waals surface area (Å²) in [6.07, 6.45) is 2.65. The highest BCUT2D eigenvalue weighted by molar-refractivity contribution is 6.09. The number of ketones is 1. The fraction of sp³-hybridized carbons (Fsp3) is 0.476. The molecule has 2 aromatic rings. The Morgan fingerprint density at radius 2 is 2.04 bits per heavy atom. The molecule has 2 fully saturated rings. The number of Topliss-reactive ketones (excluding diaryl/α,β-unsaturated/α-hetero) is 1. The van der Waals surface area contributed by atoms with Crippen LogP contribution < -0.4 is 0 Å². The minimum atomic E-state index is -0.567. The molecular weight excluding hydrogens is 344 g/mol. The minimum absolute atomic E-state index is 0.0552. The standard InChI is InChI=1S/C21H22N2O4/c1-11-19(12(2)27-23-11)14-7-15-9-17(13-3-4-13)22-20(15)16(8-14)21(24)18-10-25-5-6-26-18/h7-8,13,18H,3-6,9-10H2,1-2H3. The van der Waals surface area contributed by atoms with Crippen LogP contribution in [0.3, 0.4) is 0 Å². The Morgan fingerprint density at radius 3 is 2.70 bits per heavy atom. The number of hydrogen-bond acceptors (Lipinski definition) is 6. The van der Waals surface area contributed by atoms with E-state index in [-0.39, 0.29) is 5.78 Å². The summed E-state index contributed by atoms with van der Waals surface area (Å²) >= 11 is 0. The third-order valence-electron chi connectivity index (χ3n) is 5.56. The van der Waals surface area contributed by atoms with Crippen molar-refractivity contribution in [2.45, 2.75) is 39.2 Å². The number of fused-ring (bicyclic) bond motifs is 1. The predicted octanol–water partition coefficient (Wildman–Crippen LogP) is 3.60. The highest BCUT2D eigenvalue weighted by Gasteiger charge is 2.34. The average molecular weight is 366 g/mol. The van der Waals surface area contributed by atoms with Crippen LogP contribution in [0.15, 0.2) is 21.6 Å². The second-order valence-electron chi connectivity index (χ2n) is 7.58. The fourth-order valence-electron chi connectivity index (χ4n) is 4.03. The fourth-order valence-corrected chi connectivity index (χ4v) is 4.03. The Kier molecular flexibility index (Phi) is 3.98. The van der Waals surface area contributed by atoms with Crippen molar-refractivity contribution in [3.8, 4) is 11.1 Å². The summed E-state index contributed by atoms with van der Waals surface area (Å²) in [6, 6.07) is 4.06. The van der Waals surface area contributed by atoms with Crippen LogP contribution in [0.5, 0.6) is 0 Å². The molecule has 1 atom stereocenters. The van der Waals surface area contributed by atoms with E-state index < -0.39 is 6.10 Å². The van der Waals surface area contributed by atoms with Gasteiger partial charge in [-0.1, -0.05) is 5.16 Å². The van der Waals surface area contributed by atoms with Gasteiger partial charge in [0, 0.05) is 23.3 Å². The molecule has 140 valence electrons. The first kappa shape index (κ1) is 16.8. The monoisotopic (exact) mass is 366 g/mol. The molecule has 1 unspecified atom stereocenters. The number of aliphatic imine (C=N–C) groups is 1. The highest BCUT2D eigenvalue weighted by Crippen LogP contribution is 2.42. The molecule has 5 rings (SSSR count). The molecule has 1 saturated heterocycles. The molecule has 0 N–H and O–H groups in total. The van der Waals surface area contributed by atoms with Gasteiger partial charge in [-0.3, -0.25) is 9.79 Å². The van der Waals surface area contributed by atoms with Crippen molar-refractivity contribution in [3.05, 3.63) is 34.7 Å². The number of rotatable bonds is 4. The van der Waals surface area contributed by atoms with E-state index >= 15 is 0 Å². The third kappa shape index (κ3) is 2.93. The van der Waals surface area contributed by atoms with Crippen molar-refractivity contribution in [1.82, 2.24) is 5.16 Å². The second kappa shape index (κ2) is 6.39. The van der Waals surface area contributed by atoms with Gasteiger partial charge < -0.3 is 14.0 Å². The Balaban J connectivity index is 1.61. The van der Waals surface area contributed by atoms with Crippen molar-refractivity contribution in [2.24, 2.45) is 10.9 Å². The molecule has 3 aliphatic rings. The number of aryl methyl sites for hydroxylation is 2. The number of ether oxygens (including phenoxy) is 2. The molecule has 0 spiro atoms. The van der Waals surface area contributed by atoms with Gasteiger partial charge >= 0.3 is 0 Å². The van der Waals surface area contributed by atoms with E-state index in [4.69, 9.17) is 19.0 Å². The zero-order chi connectivity index (χ0) is 18.5. The first-order valence-electron chi connectivity index (χ1n) is 9.53. The quantitative estimate of drug-likeness (QED) is 0.773. The summed E-state index contributed by atoms with van der Waals surface area (Å²) in [5, 5.41) is 4.07. The molecule has 6 nitrogen and oxygen atoms in total. The second-order valence-corrected chi connectivity index (χ2v) is 7.58. The SMILES string of the molecule is Cc1noc(C)c1-c1cc2c(c(C(=O)C3COCCO3)c1)N=C(C1CC1)C2. The van der Waals surface area contributed by atoms with Crippen molar-refractivity contribution in [3.63, 3.8) is 0 Å². The van der Waals surface area contributed by atoms with E-state index in [9.17, 15) is 4.79 Å². The zero-order valence-electron chi connectivity index (χ0n) is 15.6. The third-order valence-corrected chi connectivity index (χ3v) is 5.56. The molecule has 1 saturated carbocycles. The number of nitrogens with zero attached hydrogens (tertiary/aromatic N) is 2. The van der Waals surface area contributed by atoms with Gasteiger partial charge in [0.25, 0.3) is 0 Å². The van der Waals surface area contributed by atoms with Crippen molar-refractivity contribution < 1.29 is 18.8 Å². The molecule has 3 heterocycles. The number of carbonyl (C=O) groups excluding carboxylic acids is 1. The first-order chi connectivity index (χ1) is 13.1. The van der Waals surface area contributed by atoms with Gasteiger partial charge in [-0.15, -0.1) is 0 Å². The molecule has 0 bridgehead atoms. The highest BCUT2D eigenvalue weighted by atomic mass is 16.6. The minimum Gasteiger partial charge on any atom is -0.376 e. The molecule has 6 heteroatoms. The van der Waals surface area contributed by atoms with E-state index in [0.29, 0.717) is 31.3 Å². The van der Waals surface area contributed by atoms with Gasteiger partial charge in [0.15, 0.2) is 5.78 Å². The van der Waals surface area contributed by atoms with Crippen LogP contribution in [0.4, 0.5) is 5.69 Å². The van der Waals surface area contributed by atoms with E-state index in [1.54, 1.807) is 0 Å². The van der Waals surface area contributed by atoms with Gasteiger partial charge in [-0.25, -0.2) is 0 Å². The van der Waals surface area contributed by atoms with Gasteiger partial charge in [0.05, 0.1) is 31.2 Å². The van der Waals surface area contributed by atoms with Crippen LogP contribution in [0.25, 0.3) is 11.1 Å². The van der Waals surface area contributed by atoms with E-state index in [0.717, 1.165) is 40.3 Å². The summed E-state index contributed by atoms with van der Waals surface area (Å²) < 4.78 is 16.5.